The summed E-state index contributed by atoms with van der Waals surface area (Å²) < 4.78 is 2.25. The highest BCUT2D eigenvalue weighted by Gasteiger charge is 2.25. The molecule has 0 bridgehead atoms. The molecule has 0 aliphatic carbocycles. The van der Waals surface area contributed by atoms with Gasteiger partial charge in [-0.3, -0.25) is 9.59 Å². The van der Waals surface area contributed by atoms with Gasteiger partial charge in [0.2, 0.25) is 11.8 Å². The topological polar surface area (TPSA) is 57.6 Å². The van der Waals surface area contributed by atoms with Gasteiger partial charge in [-0.2, -0.15) is 0 Å². The van der Waals surface area contributed by atoms with Gasteiger partial charge in [0.15, 0.2) is 0 Å². The Morgan fingerprint density at radius 3 is 2.50 bits per heavy atom. The van der Waals surface area contributed by atoms with Crippen molar-refractivity contribution >= 4 is 22.7 Å². The van der Waals surface area contributed by atoms with E-state index in [9.17, 15) is 9.59 Å². The van der Waals surface area contributed by atoms with Crippen LogP contribution in [-0.4, -0.2) is 64.9 Å². The van der Waals surface area contributed by atoms with Crippen LogP contribution in [0.5, 0.6) is 0 Å². The van der Waals surface area contributed by atoms with Gasteiger partial charge in [0, 0.05) is 51.4 Å². The predicted octanol–water partition coefficient (Wildman–Crippen LogP) is 1.70. The number of para-hydroxylation sites is 1. The Labute approximate surface area is 154 Å². The molecule has 1 aliphatic rings. The van der Waals surface area contributed by atoms with E-state index in [1.165, 1.54) is 10.9 Å². The molecule has 1 aromatic heterocycles. The molecule has 1 aromatic carbocycles. The molecule has 3 rings (SSSR count). The number of fused-ring (bicyclic) bond motifs is 1. The van der Waals surface area contributed by atoms with Crippen molar-refractivity contribution in [2.24, 2.45) is 0 Å². The van der Waals surface area contributed by atoms with E-state index in [1.807, 2.05) is 11.8 Å². The minimum absolute atomic E-state index is 0.0841. The number of carbonyl (C=O) groups is 2. The van der Waals surface area contributed by atoms with Crippen molar-refractivity contribution in [2.75, 3.05) is 32.7 Å². The van der Waals surface area contributed by atoms with E-state index in [4.69, 9.17) is 0 Å². The molecule has 1 unspecified atom stereocenters. The fourth-order valence-electron chi connectivity index (χ4n) is 3.51. The second-order valence-corrected chi connectivity index (χ2v) is 6.93. The maximum Gasteiger partial charge on any atom is 0.239 e. The molecular weight excluding hydrogens is 328 g/mol. The van der Waals surface area contributed by atoms with Gasteiger partial charge >= 0.3 is 0 Å². The van der Waals surface area contributed by atoms with Gasteiger partial charge in [0.1, 0.15) is 0 Å². The smallest absolute Gasteiger partial charge is 0.239 e. The van der Waals surface area contributed by atoms with E-state index in [-0.39, 0.29) is 17.9 Å². The number of nitrogens with one attached hydrogen (secondary N) is 1. The first-order valence-electron chi connectivity index (χ1n) is 9.38. The number of piperazine rings is 1. The molecule has 0 saturated carbocycles. The third-order valence-corrected chi connectivity index (χ3v) is 5.11. The SMILES string of the molecule is CC(=O)N1CCN(C(=O)C(C)NCCCn2ccc3ccccc32)CC1. The van der Waals surface area contributed by atoms with Gasteiger partial charge in [0.05, 0.1) is 6.04 Å². The Morgan fingerprint density at radius 1 is 1.08 bits per heavy atom. The van der Waals surface area contributed by atoms with Crippen molar-refractivity contribution in [3.8, 4) is 0 Å². The van der Waals surface area contributed by atoms with E-state index in [0.29, 0.717) is 26.2 Å². The molecule has 1 fully saturated rings. The number of hydrogen-bond donors (Lipinski definition) is 1. The first-order chi connectivity index (χ1) is 12.6. The van der Waals surface area contributed by atoms with Crippen LogP contribution in [0.3, 0.4) is 0 Å². The van der Waals surface area contributed by atoms with Crippen molar-refractivity contribution in [3.63, 3.8) is 0 Å². The molecule has 2 aromatic rings. The van der Waals surface area contributed by atoms with Crippen molar-refractivity contribution in [2.45, 2.75) is 32.9 Å². The Kier molecular flexibility index (Phi) is 5.93. The maximum atomic E-state index is 12.5. The molecule has 26 heavy (non-hydrogen) atoms. The zero-order valence-corrected chi connectivity index (χ0v) is 15.6. The van der Waals surface area contributed by atoms with Crippen LogP contribution in [0.15, 0.2) is 36.5 Å². The summed E-state index contributed by atoms with van der Waals surface area (Å²) in [4.78, 5) is 27.6. The quantitative estimate of drug-likeness (QED) is 0.802. The summed E-state index contributed by atoms with van der Waals surface area (Å²) in [5.74, 6) is 0.209. The van der Waals surface area contributed by atoms with E-state index in [1.54, 1.807) is 11.8 Å². The monoisotopic (exact) mass is 356 g/mol. The lowest BCUT2D eigenvalue weighted by Crippen LogP contribution is -2.54. The number of aromatic nitrogens is 1. The van der Waals surface area contributed by atoms with E-state index in [2.05, 4.69) is 46.4 Å². The van der Waals surface area contributed by atoms with E-state index >= 15 is 0 Å². The number of amides is 2. The van der Waals surface area contributed by atoms with Crippen molar-refractivity contribution in [1.29, 1.82) is 0 Å². The lowest BCUT2D eigenvalue weighted by molar-refractivity contribution is -0.139. The lowest BCUT2D eigenvalue weighted by Gasteiger charge is -2.35. The number of aryl methyl sites for hydroxylation is 1. The number of nitrogens with zero attached hydrogens (tertiary/aromatic N) is 3. The van der Waals surface area contributed by atoms with Crippen LogP contribution in [0.25, 0.3) is 10.9 Å². The molecule has 0 radical (unpaired) electrons. The minimum atomic E-state index is -0.194. The Hall–Kier alpha value is -2.34. The highest BCUT2D eigenvalue weighted by atomic mass is 16.2. The predicted molar refractivity (Wildman–Crippen MR) is 103 cm³/mol. The summed E-state index contributed by atoms with van der Waals surface area (Å²) in [6.07, 6.45) is 3.09. The zero-order chi connectivity index (χ0) is 18.5. The summed E-state index contributed by atoms with van der Waals surface area (Å²) in [6, 6.07) is 10.3. The Bertz CT molecular complexity index is 762. The highest BCUT2D eigenvalue weighted by Crippen LogP contribution is 2.15. The molecular formula is C20H28N4O2. The van der Waals surface area contributed by atoms with Crippen molar-refractivity contribution < 1.29 is 9.59 Å². The summed E-state index contributed by atoms with van der Waals surface area (Å²) in [6.45, 7) is 7.74. The zero-order valence-electron chi connectivity index (χ0n) is 15.6. The molecule has 6 heteroatoms. The van der Waals surface area contributed by atoms with Crippen LogP contribution < -0.4 is 5.32 Å². The van der Waals surface area contributed by atoms with E-state index < -0.39 is 0 Å². The Morgan fingerprint density at radius 2 is 1.77 bits per heavy atom. The van der Waals surface area contributed by atoms with Crippen LogP contribution in [0.1, 0.15) is 20.3 Å². The standard InChI is InChI=1S/C20H28N4O2/c1-16(20(26)24-14-12-22(13-15-24)17(2)25)21-9-5-10-23-11-8-18-6-3-4-7-19(18)23/h3-4,6-8,11,16,21H,5,9-10,12-15H2,1-2H3. The molecule has 2 heterocycles. The second-order valence-electron chi connectivity index (χ2n) is 6.93. The molecule has 0 spiro atoms. The molecule has 1 atom stereocenters. The lowest BCUT2D eigenvalue weighted by atomic mass is 10.2. The number of carbonyl (C=O) groups excluding carboxylic acids is 2. The second kappa shape index (κ2) is 8.36. The minimum Gasteiger partial charge on any atom is -0.347 e. The van der Waals surface area contributed by atoms with Gasteiger partial charge in [-0.1, -0.05) is 18.2 Å². The number of benzene rings is 1. The van der Waals surface area contributed by atoms with Gasteiger partial charge in [-0.15, -0.1) is 0 Å². The van der Waals surface area contributed by atoms with Crippen molar-refractivity contribution in [3.05, 3.63) is 36.5 Å². The summed E-state index contributed by atoms with van der Waals surface area (Å²) in [5, 5.41) is 4.60. The average Bonchev–Trinajstić information content (AvgIpc) is 3.07. The number of hydrogen-bond acceptors (Lipinski definition) is 3. The summed E-state index contributed by atoms with van der Waals surface area (Å²) in [7, 11) is 0. The summed E-state index contributed by atoms with van der Waals surface area (Å²) in [5.41, 5.74) is 1.25. The molecule has 1 aliphatic heterocycles. The van der Waals surface area contributed by atoms with Crippen LogP contribution in [-0.2, 0) is 16.1 Å². The fourth-order valence-corrected chi connectivity index (χ4v) is 3.51. The normalized spacial score (nSPS) is 16.1. The third-order valence-electron chi connectivity index (χ3n) is 5.11. The molecule has 6 nitrogen and oxygen atoms in total. The summed E-state index contributed by atoms with van der Waals surface area (Å²) >= 11 is 0. The van der Waals surface area contributed by atoms with Crippen LogP contribution in [0, 0.1) is 0 Å². The Balaban J connectivity index is 1.40. The largest absolute Gasteiger partial charge is 0.347 e. The average molecular weight is 356 g/mol. The van der Waals surface area contributed by atoms with E-state index in [0.717, 1.165) is 19.5 Å². The molecule has 140 valence electrons. The highest BCUT2D eigenvalue weighted by molar-refractivity contribution is 5.82. The van der Waals surface area contributed by atoms with Gasteiger partial charge in [-0.05, 0) is 37.4 Å². The maximum absolute atomic E-state index is 12.5. The fraction of sp³-hybridized carbons (Fsp3) is 0.500. The van der Waals surface area contributed by atoms with Crippen LogP contribution in [0.4, 0.5) is 0 Å². The van der Waals surface area contributed by atoms with Crippen LogP contribution in [0.2, 0.25) is 0 Å². The first kappa shape index (κ1) is 18.5. The van der Waals surface area contributed by atoms with Gasteiger partial charge < -0.3 is 19.7 Å². The van der Waals surface area contributed by atoms with Crippen LogP contribution >= 0.6 is 0 Å². The van der Waals surface area contributed by atoms with Gasteiger partial charge in [-0.25, -0.2) is 0 Å². The first-order valence-corrected chi connectivity index (χ1v) is 9.38. The molecule has 1 saturated heterocycles. The molecule has 1 N–H and O–H groups in total. The van der Waals surface area contributed by atoms with Crippen molar-refractivity contribution in [1.82, 2.24) is 19.7 Å². The third kappa shape index (κ3) is 4.25. The van der Waals surface area contributed by atoms with Gasteiger partial charge in [0.25, 0.3) is 0 Å². The number of rotatable bonds is 6. The molecule has 2 amide bonds.